The number of hydrogen-bond donors (Lipinski definition) is 2. The number of carbonyl (C=O) groups excluding carboxylic acids is 4. The Morgan fingerprint density at radius 3 is 1.66 bits per heavy atom. The van der Waals surface area contributed by atoms with Crippen LogP contribution >= 0.6 is 0 Å². The lowest BCUT2D eigenvalue weighted by molar-refractivity contribution is -0.131. The fourth-order valence-corrected chi connectivity index (χ4v) is 3.93. The first-order valence-corrected chi connectivity index (χ1v) is 11.6. The summed E-state index contributed by atoms with van der Waals surface area (Å²) < 4.78 is 0. The summed E-state index contributed by atoms with van der Waals surface area (Å²) in [6, 6.07) is 6.48. The summed E-state index contributed by atoms with van der Waals surface area (Å²) in [5.74, 6) is -0.470. The molecule has 32 heavy (non-hydrogen) atoms. The Labute approximate surface area is 190 Å². The van der Waals surface area contributed by atoms with E-state index in [4.69, 9.17) is 11.5 Å². The first kappa shape index (κ1) is 25.4. The third-order valence-electron chi connectivity index (χ3n) is 5.83. The minimum absolute atomic E-state index is 0.0357. The molecule has 2 fully saturated rings. The smallest absolute Gasteiger partial charge is 0.253 e. The fourth-order valence-electron chi connectivity index (χ4n) is 3.93. The summed E-state index contributed by atoms with van der Waals surface area (Å²) in [5.41, 5.74) is 11.2. The van der Waals surface area contributed by atoms with Crippen LogP contribution in [0.3, 0.4) is 0 Å². The van der Waals surface area contributed by atoms with Crippen LogP contribution in [0.2, 0.25) is 0 Å². The number of primary amides is 2. The van der Waals surface area contributed by atoms with Gasteiger partial charge in [-0.1, -0.05) is 12.8 Å². The van der Waals surface area contributed by atoms with Crippen molar-refractivity contribution < 1.29 is 19.2 Å². The second kappa shape index (κ2) is 13.5. The van der Waals surface area contributed by atoms with Gasteiger partial charge in [-0.25, -0.2) is 0 Å². The van der Waals surface area contributed by atoms with E-state index < -0.39 is 5.91 Å². The monoisotopic (exact) mass is 444 g/mol. The van der Waals surface area contributed by atoms with E-state index >= 15 is 0 Å². The van der Waals surface area contributed by atoms with Crippen molar-refractivity contribution in [1.82, 2.24) is 9.80 Å². The van der Waals surface area contributed by atoms with Crippen LogP contribution in [0.15, 0.2) is 24.3 Å². The van der Waals surface area contributed by atoms with Gasteiger partial charge in [-0.15, -0.1) is 0 Å². The molecule has 0 saturated carbocycles. The van der Waals surface area contributed by atoms with E-state index in [0.717, 1.165) is 64.7 Å². The molecule has 2 saturated heterocycles. The minimum Gasteiger partial charge on any atom is -0.370 e. The van der Waals surface area contributed by atoms with Crippen molar-refractivity contribution >= 4 is 23.6 Å². The van der Waals surface area contributed by atoms with Crippen LogP contribution < -0.4 is 11.5 Å². The second-order valence-electron chi connectivity index (χ2n) is 8.41. The largest absolute Gasteiger partial charge is 0.370 e. The maximum Gasteiger partial charge on any atom is 0.253 e. The first-order valence-electron chi connectivity index (χ1n) is 11.6. The van der Waals surface area contributed by atoms with Crippen LogP contribution in [0.25, 0.3) is 0 Å². The number of hydrogen-bond acceptors (Lipinski definition) is 4. The molecule has 0 unspecified atom stereocenters. The summed E-state index contributed by atoms with van der Waals surface area (Å²) in [6.07, 6.45) is 9.36. The van der Waals surface area contributed by atoms with Gasteiger partial charge >= 0.3 is 0 Å². The molecule has 4 amide bonds. The second-order valence-corrected chi connectivity index (χ2v) is 8.41. The highest BCUT2D eigenvalue weighted by Crippen LogP contribution is 2.14. The molecule has 2 heterocycles. The highest BCUT2D eigenvalue weighted by Gasteiger charge is 2.19. The van der Waals surface area contributed by atoms with E-state index in [-0.39, 0.29) is 17.7 Å². The van der Waals surface area contributed by atoms with Gasteiger partial charge in [0.05, 0.1) is 0 Å². The molecule has 176 valence electrons. The molecule has 0 spiro atoms. The molecule has 1 aromatic carbocycles. The minimum atomic E-state index is -0.472. The first-order chi connectivity index (χ1) is 15.4. The average molecular weight is 445 g/mol. The van der Waals surface area contributed by atoms with Gasteiger partial charge < -0.3 is 21.3 Å². The number of carbonyl (C=O) groups is 4. The molecule has 1 aromatic rings. The van der Waals surface area contributed by atoms with Crippen LogP contribution in [0.5, 0.6) is 0 Å². The van der Waals surface area contributed by atoms with E-state index in [1.807, 2.05) is 9.80 Å². The van der Waals surface area contributed by atoms with E-state index in [2.05, 4.69) is 0 Å². The zero-order chi connectivity index (χ0) is 23.3. The quantitative estimate of drug-likeness (QED) is 0.626. The predicted octanol–water partition coefficient (Wildman–Crippen LogP) is 2.46. The number of benzene rings is 1. The maximum absolute atomic E-state index is 11.9. The summed E-state index contributed by atoms with van der Waals surface area (Å²) in [5, 5.41) is 0. The van der Waals surface area contributed by atoms with Gasteiger partial charge in [-0.05, 0) is 62.8 Å². The van der Waals surface area contributed by atoms with Crippen molar-refractivity contribution in [3.8, 4) is 0 Å². The molecule has 2 aliphatic rings. The molecule has 0 atom stereocenters. The van der Waals surface area contributed by atoms with E-state index in [1.54, 1.807) is 24.3 Å². The Morgan fingerprint density at radius 1 is 0.656 bits per heavy atom. The Kier molecular flexibility index (Phi) is 10.7. The summed E-state index contributed by atoms with van der Waals surface area (Å²) >= 11 is 0. The van der Waals surface area contributed by atoms with Crippen LogP contribution in [-0.4, -0.2) is 59.6 Å². The van der Waals surface area contributed by atoms with E-state index in [9.17, 15) is 19.2 Å². The molecular weight excluding hydrogens is 408 g/mol. The van der Waals surface area contributed by atoms with Gasteiger partial charge in [0, 0.05) is 50.1 Å². The van der Waals surface area contributed by atoms with Gasteiger partial charge in [0.1, 0.15) is 0 Å². The van der Waals surface area contributed by atoms with E-state index in [1.165, 1.54) is 12.8 Å². The number of nitrogens with two attached hydrogens (primary N) is 2. The van der Waals surface area contributed by atoms with Crippen molar-refractivity contribution in [3.05, 3.63) is 35.4 Å². The third kappa shape index (κ3) is 8.69. The van der Waals surface area contributed by atoms with Crippen LogP contribution in [0.4, 0.5) is 0 Å². The predicted molar refractivity (Wildman–Crippen MR) is 123 cm³/mol. The normalized spacial score (nSPS) is 16.0. The highest BCUT2D eigenvalue weighted by atomic mass is 16.2. The lowest BCUT2D eigenvalue weighted by atomic mass is 10.1. The molecule has 0 radical (unpaired) electrons. The Hall–Kier alpha value is -2.90. The number of nitrogens with zero attached hydrogens (tertiary/aromatic N) is 2. The molecule has 0 aromatic heterocycles. The zero-order valence-corrected chi connectivity index (χ0v) is 18.9. The molecule has 8 heteroatoms. The van der Waals surface area contributed by atoms with Gasteiger partial charge in [-0.3, -0.25) is 19.2 Å². The molecule has 0 aliphatic carbocycles. The fraction of sp³-hybridized carbons (Fsp3) is 0.583. The van der Waals surface area contributed by atoms with Crippen molar-refractivity contribution in [2.24, 2.45) is 11.5 Å². The number of amides is 4. The summed E-state index contributed by atoms with van der Waals surface area (Å²) in [4.78, 5) is 48.9. The Morgan fingerprint density at radius 2 is 1.12 bits per heavy atom. The van der Waals surface area contributed by atoms with Crippen molar-refractivity contribution in [3.63, 3.8) is 0 Å². The van der Waals surface area contributed by atoms with Gasteiger partial charge in [0.2, 0.25) is 17.7 Å². The Balaban J connectivity index is 0.000000227. The SMILES string of the molecule is NC(=O)CCCCC(=O)N1CCCCCC1.NC(=O)c1ccc(C(=O)N2CCCC2)cc1. The van der Waals surface area contributed by atoms with Crippen molar-refractivity contribution in [2.45, 2.75) is 64.2 Å². The standard InChI is InChI=1S/C12H14N2O2.C12H22N2O2/c13-11(15)9-3-5-10(6-4-9)12(16)14-7-1-2-8-14;13-11(15)7-3-4-8-12(16)14-9-5-1-2-6-10-14/h3-6H,1-2,7-8H2,(H2,13,15);1-10H2,(H2,13,15). The van der Waals surface area contributed by atoms with Crippen molar-refractivity contribution in [2.75, 3.05) is 26.2 Å². The highest BCUT2D eigenvalue weighted by molar-refractivity contribution is 5.97. The van der Waals surface area contributed by atoms with Crippen LogP contribution in [0.1, 0.15) is 84.9 Å². The van der Waals surface area contributed by atoms with Crippen LogP contribution in [-0.2, 0) is 9.59 Å². The lowest BCUT2D eigenvalue weighted by Crippen LogP contribution is -2.31. The maximum atomic E-state index is 11.9. The summed E-state index contributed by atoms with van der Waals surface area (Å²) in [6.45, 7) is 3.48. The molecule has 8 nitrogen and oxygen atoms in total. The molecule has 0 bridgehead atoms. The third-order valence-corrected chi connectivity index (χ3v) is 5.83. The summed E-state index contributed by atoms with van der Waals surface area (Å²) in [7, 11) is 0. The molecule has 3 rings (SSSR count). The van der Waals surface area contributed by atoms with Gasteiger partial charge in [0.25, 0.3) is 5.91 Å². The number of rotatable bonds is 7. The molecular formula is C24H36N4O4. The van der Waals surface area contributed by atoms with E-state index in [0.29, 0.717) is 24.0 Å². The topological polar surface area (TPSA) is 127 Å². The van der Waals surface area contributed by atoms with Gasteiger partial charge in [-0.2, -0.15) is 0 Å². The lowest BCUT2D eigenvalue weighted by Gasteiger charge is -2.20. The molecule has 2 aliphatic heterocycles. The van der Waals surface area contributed by atoms with Crippen molar-refractivity contribution in [1.29, 1.82) is 0 Å². The Bertz CT molecular complexity index is 765. The van der Waals surface area contributed by atoms with Gasteiger partial charge in [0.15, 0.2) is 0 Å². The number of likely N-dealkylation sites (tertiary alicyclic amines) is 2. The number of unbranched alkanes of at least 4 members (excludes halogenated alkanes) is 1. The zero-order valence-electron chi connectivity index (χ0n) is 18.9. The molecule has 4 N–H and O–H groups in total. The average Bonchev–Trinajstić information content (AvgIpc) is 3.18. The van der Waals surface area contributed by atoms with Crippen LogP contribution in [0, 0.1) is 0 Å².